The summed E-state index contributed by atoms with van der Waals surface area (Å²) < 4.78 is 0. The zero-order valence-corrected chi connectivity index (χ0v) is 11.0. The lowest BCUT2D eigenvalue weighted by Crippen LogP contribution is -2.57. The van der Waals surface area contributed by atoms with Crippen LogP contribution in [0.4, 0.5) is 5.69 Å². The summed E-state index contributed by atoms with van der Waals surface area (Å²) in [6.07, 6.45) is 3.72. The first-order chi connectivity index (χ1) is 8.04. The first kappa shape index (κ1) is 12.3. The second-order valence-corrected chi connectivity index (χ2v) is 5.36. The van der Waals surface area contributed by atoms with E-state index >= 15 is 0 Å². The summed E-state index contributed by atoms with van der Waals surface area (Å²) in [6.45, 7) is 8.28. The van der Waals surface area contributed by atoms with Crippen LogP contribution >= 0.6 is 0 Å². The Morgan fingerprint density at radius 1 is 1.41 bits per heavy atom. The molecule has 2 N–H and O–H groups in total. The number of anilines is 1. The minimum absolute atomic E-state index is 0.202. The van der Waals surface area contributed by atoms with E-state index in [1.54, 1.807) is 0 Å². The van der Waals surface area contributed by atoms with Gasteiger partial charge in [-0.3, -0.25) is 9.88 Å². The maximum absolute atomic E-state index is 5.78. The zero-order valence-electron chi connectivity index (χ0n) is 11.0. The summed E-state index contributed by atoms with van der Waals surface area (Å²) in [4.78, 5) is 8.98. The van der Waals surface area contributed by atoms with Gasteiger partial charge in [0, 0.05) is 55.4 Å². The Labute approximate surface area is 103 Å². The summed E-state index contributed by atoms with van der Waals surface area (Å²) in [7, 11) is 2.19. The highest BCUT2D eigenvalue weighted by molar-refractivity contribution is 5.53. The molecule has 0 bridgehead atoms. The van der Waals surface area contributed by atoms with Crippen molar-refractivity contribution in [1.29, 1.82) is 0 Å². The average molecular weight is 234 g/mol. The molecule has 17 heavy (non-hydrogen) atoms. The average Bonchev–Trinajstić information content (AvgIpc) is 2.32. The lowest BCUT2D eigenvalue weighted by molar-refractivity contribution is 0.139. The summed E-state index contributed by atoms with van der Waals surface area (Å²) in [5.74, 6) is 0. The van der Waals surface area contributed by atoms with Crippen molar-refractivity contribution in [3.8, 4) is 0 Å². The largest absolute Gasteiger partial charge is 0.368 e. The molecule has 0 amide bonds. The van der Waals surface area contributed by atoms with Gasteiger partial charge in [0.15, 0.2) is 0 Å². The molecule has 1 aromatic heterocycles. The molecule has 0 aliphatic carbocycles. The Morgan fingerprint density at radius 3 is 2.82 bits per heavy atom. The minimum atomic E-state index is 0.202. The van der Waals surface area contributed by atoms with E-state index in [-0.39, 0.29) is 5.54 Å². The van der Waals surface area contributed by atoms with Gasteiger partial charge in [0.2, 0.25) is 0 Å². The zero-order chi connectivity index (χ0) is 12.5. The standard InChI is InChI=1S/C13H22N4/c1-13(2)10-17(7-6-16(13)3)12-4-5-15-9-11(12)8-14/h4-5,9H,6-8,10,14H2,1-3H3. The van der Waals surface area contributed by atoms with Crippen LogP contribution in [0.2, 0.25) is 0 Å². The van der Waals surface area contributed by atoms with Crippen LogP contribution in [0.25, 0.3) is 0 Å². The van der Waals surface area contributed by atoms with Crippen LogP contribution in [-0.2, 0) is 6.54 Å². The summed E-state index contributed by atoms with van der Waals surface area (Å²) >= 11 is 0. The molecule has 0 radical (unpaired) electrons. The molecule has 0 spiro atoms. The maximum Gasteiger partial charge on any atom is 0.0443 e. The Hall–Kier alpha value is -1.13. The number of hydrogen-bond donors (Lipinski definition) is 1. The maximum atomic E-state index is 5.78. The number of piperazine rings is 1. The number of hydrogen-bond acceptors (Lipinski definition) is 4. The molecular weight excluding hydrogens is 212 g/mol. The van der Waals surface area contributed by atoms with E-state index in [2.05, 4.69) is 41.7 Å². The molecule has 2 heterocycles. The van der Waals surface area contributed by atoms with Gasteiger partial charge >= 0.3 is 0 Å². The molecule has 0 saturated carbocycles. The molecule has 94 valence electrons. The van der Waals surface area contributed by atoms with Crippen LogP contribution in [0.5, 0.6) is 0 Å². The number of pyridine rings is 1. The first-order valence-corrected chi connectivity index (χ1v) is 6.14. The van der Waals surface area contributed by atoms with Gasteiger partial charge in [-0.1, -0.05) is 0 Å². The SMILES string of the molecule is CN1CCN(c2ccncc2CN)CC1(C)C. The van der Waals surface area contributed by atoms with Crippen LogP contribution in [0.3, 0.4) is 0 Å². The minimum Gasteiger partial charge on any atom is -0.368 e. The van der Waals surface area contributed by atoms with Crippen molar-refractivity contribution in [2.75, 3.05) is 31.6 Å². The van der Waals surface area contributed by atoms with Gasteiger partial charge in [0.1, 0.15) is 0 Å². The molecule has 0 aromatic carbocycles. The van der Waals surface area contributed by atoms with Gasteiger partial charge in [-0.2, -0.15) is 0 Å². The van der Waals surface area contributed by atoms with Crippen molar-refractivity contribution in [1.82, 2.24) is 9.88 Å². The summed E-state index contributed by atoms with van der Waals surface area (Å²) in [6, 6.07) is 2.07. The number of nitrogens with zero attached hydrogens (tertiary/aromatic N) is 3. The van der Waals surface area contributed by atoms with Crippen molar-refractivity contribution in [2.24, 2.45) is 5.73 Å². The van der Waals surface area contributed by atoms with E-state index in [4.69, 9.17) is 5.73 Å². The number of aromatic nitrogens is 1. The van der Waals surface area contributed by atoms with Crippen LogP contribution in [0.15, 0.2) is 18.5 Å². The molecule has 0 atom stereocenters. The van der Waals surface area contributed by atoms with Crippen LogP contribution < -0.4 is 10.6 Å². The molecule has 1 saturated heterocycles. The van der Waals surface area contributed by atoms with Crippen molar-refractivity contribution in [3.63, 3.8) is 0 Å². The highest BCUT2D eigenvalue weighted by Gasteiger charge is 2.31. The second kappa shape index (κ2) is 4.63. The molecule has 4 nitrogen and oxygen atoms in total. The van der Waals surface area contributed by atoms with Gasteiger partial charge in [-0.05, 0) is 27.0 Å². The Kier molecular flexibility index (Phi) is 3.35. The first-order valence-electron chi connectivity index (χ1n) is 6.14. The van der Waals surface area contributed by atoms with Crippen LogP contribution in [-0.4, -0.2) is 42.1 Å². The fourth-order valence-corrected chi connectivity index (χ4v) is 2.33. The third kappa shape index (κ3) is 2.42. The Bertz CT molecular complexity index is 389. The lowest BCUT2D eigenvalue weighted by Gasteiger charge is -2.46. The Balaban J connectivity index is 2.23. The van der Waals surface area contributed by atoms with Crippen LogP contribution in [0.1, 0.15) is 19.4 Å². The van der Waals surface area contributed by atoms with Crippen molar-refractivity contribution in [2.45, 2.75) is 25.9 Å². The van der Waals surface area contributed by atoms with Gasteiger partial charge < -0.3 is 10.6 Å². The number of nitrogens with two attached hydrogens (primary N) is 1. The molecule has 0 unspecified atom stereocenters. The van der Waals surface area contributed by atoms with E-state index in [1.165, 1.54) is 5.69 Å². The molecule has 1 fully saturated rings. The Morgan fingerprint density at radius 2 is 2.18 bits per heavy atom. The molecular formula is C13H22N4. The van der Waals surface area contributed by atoms with Gasteiger partial charge in [-0.15, -0.1) is 0 Å². The molecule has 1 aromatic rings. The van der Waals surface area contributed by atoms with Crippen molar-refractivity contribution in [3.05, 3.63) is 24.0 Å². The third-order valence-corrected chi connectivity index (χ3v) is 3.75. The van der Waals surface area contributed by atoms with E-state index < -0.39 is 0 Å². The summed E-state index contributed by atoms with van der Waals surface area (Å²) in [5, 5.41) is 0. The third-order valence-electron chi connectivity index (χ3n) is 3.75. The topological polar surface area (TPSA) is 45.4 Å². The molecule has 1 aliphatic heterocycles. The smallest absolute Gasteiger partial charge is 0.0443 e. The molecule has 2 rings (SSSR count). The van der Waals surface area contributed by atoms with Crippen molar-refractivity contribution >= 4 is 5.69 Å². The van der Waals surface area contributed by atoms with E-state index in [9.17, 15) is 0 Å². The fraction of sp³-hybridized carbons (Fsp3) is 0.615. The number of likely N-dealkylation sites (N-methyl/N-ethyl adjacent to an activating group) is 1. The molecule has 1 aliphatic rings. The highest BCUT2D eigenvalue weighted by Crippen LogP contribution is 2.26. The second-order valence-electron chi connectivity index (χ2n) is 5.36. The monoisotopic (exact) mass is 234 g/mol. The predicted octanol–water partition coefficient (Wildman–Crippen LogP) is 1.07. The quantitative estimate of drug-likeness (QED) is 0.831. The number of rotatable bonds is 2. The van der Waals surface area contributed by atoms with Gasteiger partial charge in [0.05, 0.1) is 0 Å². The van der Waals surface area contributed by atoms with Crippen molar-refractivity contribution < 1.29 is 0 Å². The van der Waals surface area contributed by atoms with E-state index in [1.807, 2.05) is 12.4 Å². The lowest BCUT2D eigenvalue weighted by atomic mass is 9.99. The fourth-order valence-electron chi connectivity index (χ4n) is 2.33. The predicted molar refractivity (Wildman–Crippen MR) is 71.1 cm³/mol. The summed E-state index contributed by atoms with van der Waals surface area (Å²) in [5.41, 5.74) is 8.35. The van der Waals surface area contributed by atoms with Crippen LogP contribution in [0, 0.1) is 0 Å². The van der Waals surface area contributed by atoms with Gasteiger partial charge in [-0.25, -0.2) is 0 Å². The van der Waals surface area contributed by atoms with E-state index in [0.29, 0.717) is 6.54 Å². The highest BCUT2D eigenvalue weighted by atomic mass is 15.3. The van der Waals surface area contributed by atoms with E-state index in [0.717, 1.165) is 25.2 Å². The molecule has 4 heteroatoms. The van der Waals surface area contributed by atoms with Gasteiger partial charge in [0.25, 0.3) is 0 Å². The normalized spacial score (nSPS) is 20.6.